The van der Waals surface area contributed by atoms with Crippen molar-refractivity contribution < 1.29 is 4.79 Å². The van der Waals surface area contributed by atoms with E-state index in [0.717, 1.165) is 6.42 Å². The number of nitrogens with zero attached hydrogens (tertiary/aromatic N) is 1. The van der Waals surface area contributed by atoms with Crippen molar-refractivity contribution in [3.05, 3.63) is 0 Å². The van der Waals surface area contributed by atoms with Crippen molar-refractivity contribution in [2.75, 3.05) is 0 Å². The summed E-state index contributed by atoms with van der Waals surface area (Å²) in [5.74, 6) is 1.02. The van der Waals surface area contributed by atoms with Crippen LogP contribution in [0.2, 0.25) is 0 Å². The molecule has 1 aliphatic carbocycles. The summed E-state index contributed by atoms with van der Waals surface area (Å²) in [6.45, 7) is 6.35. The zero-order valence-electron chi connectivity index (χ0n) is 8.58. The summed E-state index contributed by atoms with van der Waals surface area (Å²) >= 11 is 0. The van der Waals surface area contributed by atoms with Gasteiger partial charge in [-0.25, -0.2) is 0 Å². The molecular formula is C10H18N2O. The van der Waals surface area contributed by atoms with E-state index in [1.54, 1.807) is 0 Å². The van der Waals surface area contributed by atoms with Crippen molar-refractivity contribution in [1.82, 2.24) is 10.2 Å². The van der Waals surface area contributed by atoms with Crippen LogP contribution in [0.5, 0.6) is 0 Å². The molecule has 0 bridgehead atoms. The standard InChI is InChI=1S/C10H18N2O/c1-4-8-10(13)12(7(3)11-8)9-5-6(9)2/h6-9,11H,4-5H2,1-3H3. The topological polar surface area (TPSA) is 32.3 Å². The molecule has 4 unspecified atom stereocenters. The summed E-state index contributed by atoms with van der Waals surface area (Å²) in [6, 6.07) is 0.592. The van der Waals surface area contributed by atoms with E-state index in [2.05, 4.69) is 26.1 Å². The van der Waals surface area contributed by atoms with Gasteiger partial charge in [0, 0.05) is 6.04 Å². The van der Waals surface area contributed by atoms with Crippen molar-refractivity contribution in [3.63, 3.8) is 0 Å². The minimum absolute atomic E-state index is 0.0720. The van der Waals surface area contributed by atoms with Gasteiger partial charge in [-0.3, -0.25) is 10.1 Å². The van der Waals surface area contributed by atoms with E-state index in [9.17, 15) is 4.79 Å². The third-order valence-corrected chi connectivity index (χ3v) is 3.24. The molecule has 1 heterocycles. The Kier molecular flexibility index (Phi) is 2.06. The minimum Gasteiger partial charge on any atom is -0.323 e. The van der Waals surface area contributed by atoms with Crippen LogP contribution in [0.4, 0.5) is 0 Å². The normalized spacial score (nSPS) is 44.2. The molecule has 0 aromatic heterocycles. The third-order valence-electron chi connectivity index (χ3n) is 3.24. The fourth-order valence-electron chi connectivity index (χ4n) is 2.25. The summed E-state index contributed by atoms with van der Waals surface area (Å²) in [4.78, 5) is 13.9. The molecule has 13 heavy (non-hydrogen) atoms. The smallest absolute Gasteiger partial charge is 0.241 e. The molecule has 1 aliphatic heterocycles. The van der Waals surface area contributed by atoms with Gasteiger partial charge in [-0.1, -0.05) is 13.8 Å². The lowest BCUT2D eigenvalue weighted by molar-refractivity contribution is -0.130. The Morgan fingerprint density at radius 1 is 1.54 bits per heavy atom. The average Bonchev–Trinajstić information content (AvgIpc) is 2.70. The van der Waals surface area contributed by atoms with Crippen LogP contribution < -0.4 is 5.32 Å². The quantitative estimate of drug-likeness (QED) is 0.689. The maximum Gasteiger partial charge on any atom is 0.241 e. The Balaban J connectivity index is 2.06. The lowest BCUT2D eigenvalue weighted by Crippen LogP contribution is -2.37. The average molecular weight is 182 g/mol. The van der Waals surface area contributed by atoms with Crippen LogP contribution in [0.1, 0.15) is 33.6 Å². The lowest BCUT2D eigenvalue weighted by atomic mass is 10.2. The Morgan fingerprint density at radius 3 is 2.54 bits per heavy atom. The highest BCUT2D eigenvalue weighted by Crippen LogP contribution is 2.37. The highest BCUT2D eigenvalue weighted by molar-refractivity contribution is 5.84. The fourth-order valence-corrected chi connectivity index (χ4v) is 2.25. The molecule has 0 aromatic carbocycles. The second-order valence-electron chi connectivity index (χ2n) is 4.33. The van der Waals surface area contributed by atoms with E-state index in [0.29, 0.717) is 17.9 Å². The van der Waals surface area contributed by atoms with Crippen LogP contribution in [-0.2, 0) is 4.79 Å². The van der Waals surface area contributed by atoms with Gasteiger partial charge in [0.1, 0.15) is 0 Å². The Hall–Kier alpha value is -0.570. The molecule has 2 fully saturated rings. The lowest BCUT2D eigenvalue weighted by Gasteiger charge is -2.20. The SMILES string of the molecule is CCC1NC(C)N(C2CC2C)C1=O. The summed E-state index contributed by atoms with van der Waals surface area (Å²) < 4.78 is 0. The first-order chi connectivity index (χ1) is 6.15. The first-order valence-corrected chi connectivity index (χ1v) is 5.23. The van der Waals surface area contributed by atoms with E-state index >= 15 is 0 Å². The molecule has 1 saturated heterocycles. The van der Waals surface area contributed by atoms with Gasteiger partial charge < -0.3 is 4.90 Å². The fraction of sp³-hybridized carbons (Fsp3) is 0.900. The second kappa shape index (κ2) is 2.98. The van der Waals surface area contributed by atoms with Gasteiger partial charge >= 0.3 is 0 Å². The van der Waals surface area contributed by atoms with Gasteiger partial charge in [-0.2, -0.15) is 0 Å². The molecule has 1 saturated carbocycles. The van der Waals surface area contributed by atoms with Gasteiger partial charge in [0.25, 0.3) is 0 Å². The number of rotatable bonds is 2. The molecule has 74 valence electrons. The minimum atomic E-state index is 0.0720. The van der Waals surface area contributed by atoms with Crippen molar-refractivity contribution in [2.45, 2.75) is 51.9 Å². The Morgan fingerprint density at radius 2 is 2.15 bits per heavy atom. The van der Waals surface area contributed by atoms with Crippen LogP contribution >= 0.6 is 0 Å². The molecule has 1 N–H and O–H groups in total. The van der Waals surface area contributed by atoms with Crippen LogP contribution in [0.15, 0.2) is 0 Å². The summed E-state index contributed by atoms with van der Waals surface area (Å²) in [5, 5.41) is 3.32. The van der Waals surface area contributed by atoms with Gasteiger partial charge in [0.2, 0.25) is 5.91 Å². The van der Waals surface area contributed by atoms with Crippen LogP contribution in [-0.4, -0.2) is 29.1 Å². The largest absolute Gasteiger partial charge is 0.323 e. The molecular weight excluding hydrogens is 164 g/mol. The highest BCUT2D eigenvalue weighted by atomic mass is 16.2. The first kappa shape index (κ1) is 9.00. The molecule has 0 aromatic rings. The zero-order chi connectivity index (χ0) is 9.59. The highest BCUT2D eigenvalue weighted by Gasteiger charge is 2.47. The molecule has 2 aliphatic rings. The van der Waals surface area contributed by atoms with Gasteiger partial charge in [0.05, 0.1) is 12.2 Å². The molecule has 1 amide bonds. The number of amides is 1. The molecule has 3 nitrogen and oxygen atoms in total. The van der Waals surface area contributed by atoms with Crippen LogP contribution in [0, 0.1) is 5.92 Å². The van der Waals surface area contributed by atoms with Crippen molar-refractivity contribution >= 4 is 5.91 Å². The summed E-state index contributed by atoms with van der Waals surface area (Å²) in [6.07, 6.45) is 2.34. The maximum atomic E-state index is 11.8. The molecule has 0 spiro atoms. The number of carbonyl (C=O) groups is 1. The zero-order valence-corrected chi connectivity index (χ0v) is 8.58. The monoisotopic (exact) mass is 182 g/mol. The number of hydrogen-bond acceptors (Lipinski definition) is 2. The molecule has 4 atom stereocenters. The molecule has 0 radical (unpaired) electrons. The van der Waals surface area contributed by atoms with E-state index in [4.69, 9.17) is 0 Å². The van der Waals surface area contributed by atoms with E-state index in [1.807, 2.05) is 4.90 Å². The van der Waals surface area contributed by atoms with E-state index in [-0.39, 0.29) is 12.2 Å². The Bertz CT molecular complexity index is 229. The van der Waals surface area contributed by atoms with Crippen molar-refractivity contribution in [3.8, 4) is 0 Å². The van der Waals surface area contributed by atoms with Gasteiger partial charge in [-0.05, 0) is 25.7 Å². The number of hydrogen-bond donors (Lipinski definition) is 1. The maximum absolute atomic E-state index is 11.8. The van der Waals surface area contributed by atoms with E-state index in [1.165, 1.54) is 6.42 Å². The predicted octanol–water partition coefficient (Wildman–Crippen LogP) is 0.951. The van der Waals surface area contributed by atoms with Gasteiger partial charge in [0.15, 0.2) is 0 Å². The van der Waals surface area contributed by atoms with Crippen molar-refractivity contribution in [1.29, 1.82) is 0 Å². The van der Waals surface area contributed by atoms with E-state index < -0.39 is 0 Å². The van der Waals surface area contributed by atoms with Crippen LogP contribution in [0.25, 0.3) is 0 Å². The van der Waals surface area contributed by atoms with Crippen molar-refractivity contribution in [2.24, 2.45) is 5.92 Å². The summed E-state index contributed by atoms with van der Waals surface area (Å²) in [5.41, 5.74) is 0. The Labute approximate surface area is 79.5 Å². The molecule has 3 heteroatoms. The predicted molar refractivity (Wildman–Crippen MR) is 51.1 cm³/mol. The first-order valence-electron chi connectivity index (χ1n) is 5.23. The van der Waals surface area contributed by atoms with Crippen LogP contribution in [0.3, 0.4) is 0 Å². The summed E-state index contributed by atoms with van der Waals surface area (Å²) in [7, 11) is 0. The number of nitrogens with one attached hydrogen (secondary N) is 1. The number of carbonyl (C=O) groups excluding carboxylic acids is 1. The third kappa shape index (κ3) is 1.35. The second-order valence-corrected chi connectivity index (χ2v) is 4.33. The molecule has 2 rings (SSSR count). The van der Waals surface area contributed by atoms with Gasteiger partial charge in [-0.15, -0.1) is 0 Å².